The molecular weight excluding hydrogens is 436 g/mol. The van der Waals surface area contributed by atoms with Crippen LogP contribution in [-0.4, -0.2) is 61.0 Å². The van der Waals surface area contributed by atoms with E-state index in [2.05, 4.69) is 5.32 Å². The number of hydrogen-bond donors (Lipinski definition) is 2. The second-order valence-corrected chi connectivity index (χ2v) is 8.40. The Hall–Kier alpha value is -3.52. The minimum absolute atomic E-state index is 0.0983. The lowest BCUT2D eigenvalue weighted by Gasteiger charge is -2.23. The molecule has 2 unspecified atom stereocenters. The molecule has 2 atom stereocenters. The van der Waals surface area contributed by atoms with Gasteiger partial charge < -0.3 is 24.6 Å². The molecule has 1 heterocycles. The second kappa shape index (κ2) is 11.1. The third-order valence-corrected chi connectivity index (χ3v) is 5.79. The van der Waals surface area contributed by atoms with E-state index in [9.17, 15) is 14.7 Å². The number of aliphatic hydroxyl groups excluding tert-OH is 1. The number of carbonyl (C=O) groups excluding carboxylic acids is 2. The number of aliphatic hydroxyl groups is 1. The summed E-state index contributed by atoms with van der Waals surface area (Å²) < 4.78 is 16.2. The molecule has 1 aliphatic rings. The van der Waals surface area contributed by atoms with Crippen molar-refractivity contribution in [1.82, 2.24) is 10.2 Å². The molecule has 0 bridgehead atoms. The topological polar surface area (TPSA) is 97.3 Å². The van der Waals surface area contributed by atoms with Crippen LogP contribution < -0.4 is 19.5 Å². The zero-order valence-corrected chi connectivity index (χ0v) is 20.0. The highest BCUT2D eigenvalue weighted by Gasteiger charge is 2.47. The maximum Gasteiger partial charge on any atom is 0.325 e. The fourth-order valence-corrected chi connectivity index (χ4v) is 3.82. The van der Waals surface area contributed by atoms with Crippen LogP contribution in [0.25, 0.3) is 6.08 Å². The van der Waals surface area contributed by atoms with E-state index in [-0.39, 0.29) is 19.1 Å². The normalized spacial score (nSPS) is 18.8. The number of ether oxygens (including phenoxy) is 3. The molecule has 0 radical (unpaired) electrons. The first-order valence-corrected chi connectivity index (χ1v) is 11.2. The number of carbonyl (C=O) groups is 2. The molecule has 2 aromatic carbocycles. The van der Waals surface area contributed by atoms with E-state index in [0.29, 0.717) is 24.3 Å². The number of β-amino-alcohol motifs (C(OH)–C–C–N with tert-alkyl or cyclic N) is 1. The maximum absolute atomic E-state index is 13.0. The molecule has 3 rings (SSSR count). The fourth-order valence-electron chi connectivity index (χ4n) is 3.82. The van der Waals surface area contributed by atoms with Crippen LogP contribution in [0.4, 0.5) is 4.79 Å². The van der Waals surface area contributed by atoms with Gasteiger partial charge in [0.25, 0.3) is 5.91 Å². The highest BCUT2D eigenvalue weighted by molar-refractivity contribution is 6.06. The summed E-state index contributed by atoms with van der Waals surface area (Å²) in [5.41, 5.74) is 0.953. The first-order chi connectivity index (χ1) is 16.3. The van der Waals surface area contributed by atoms with E-state index >= 15 is 0 Å². The zero-order chi connectivity index (χ0) is 24.7. The standard InChI is InChI=1S/C26H32N2O6/c1-5-6-19-9-12-22(23(15-19)33-4)34-17-20(29)16-28-24(30)26(2,27-25(28)31)14-13-18-7-10-21(32-3)11-8-18/h5-12,15,20,29H,13-14,16-17H2,1-4H3,(H,27,31)/b6-5+. The summed E-state index contributed by atoms with van der Waals surface area (Å²) in [4.78, 5) is 26.6. The average molecular weight is 469 g/mol. The monoisotopic (exact) mass is 468 g/mol. The molecule has 182 valence electrons. The van der Waals surface area contributed by atoms with Crippen molar-refractivity contribution in [2.45, 2.75) is 38.3 Å². The van der Waals surface area contributed by atoms with Crippen LogP contribution in [0.3, 0.4) is 0 Å². The lowest BCUT2D eigenvalue weighted by atomic mass is 9.93. The number of benzene rings is 2. The molecule has 0 spiro atoms. The van der Waals surface area contributed by atoms with Crippen LogP contribution in [0.1, 0.15) is 31.4 Å². The molecule has 0 aliphatic carbocycles. The quantitative estimate of drug-likeness (QED) is 0.491. The Kier molecular flexibility index (Phi) is 8.17. The number of rotatable bonds is 11. The molecule has 0 saturated carbocycles. The predicted molar refractivity (Wildman–Crippen MR) is 129 cm³/mol. The van der Waals surface area contributed by atoms with E-state index in [4.69, 9.17) is 14.2 Å². The Morgan fingerprint density at radius 2 is 1.82 bits per heavy atom. The van der Waals surface area contributed by atoms with Crippen LogP contribution in [0.15, 0.2) is 48.5 Å². The third kappa shape index (κ3) is 5.88. The Balaban J connectivity index is 1.56. The highest BCUT2D eigenvalue weighted by Crippen LogP contribution is 2.29. The van der Waals surface area contributed by atoms with E-state index in [1.165, 1.54) is 7.11 Å². The van der Waals surface area contributed by atoms with Crippen molar-refractivity contribution in [3.63, 3.8) is 0 Å². The molecule has 1 saturated heterocycles. The number of methoxy groups -OCH3 is 2. The Morgan fingerprint density at radius 3 is 2.47 bits per heavy atom. The van der Waals surface area contributed by atoms with Gasteiger partial charge in [-0.1, -0.05) is 30.4 Å². The lowest BCUT2D eigenvalue weighted by Crippen LogP contribution is -2.45. The summed E-state index contributed by atoms with van der Waals surface area (Å²) in [7, 11) is 3.15. The van der Waals surface area contributed by atoms with E-state index in [1.807, 2.05) is 55.5 Å². The number of amides is 3. The smallest absolute Gasteiger partial charge is 0.325 e. The Bertz CT molecular complexity index is 1040. The molecule has 3 amide bonds. The lowest BCUT2D eigenvalue weighted by molar-refractivity contribution is -0.132. The van der Waals surface area contributed by atoms with Gasteiger partial charge in [0.1, 0.15) is 24.0 Å². The zero-order valence-electron chi connectivity index (χ0n) is 20.0. The van der Waals surface area contributed by atoms with Gasteiger partial charge in [0.2, 0.25) is 0 Å². The van der Waals surface area contributed by atoms with Gasteiger partial charge in [-0.3, -0.25) is 9.69 Å². The molecule has 8 heteroatoms. The highest BCUT2D eigenvalue weighted by atomic mass is 16.5. The molecule has 0 aromatic heterocycles. The van der Waals surface area contributed by atoms with Crippen molar-refractivity contribution >= 4 is 18.0 Å². The molecule has 34 heavy (non-hydrogen) atoms. The molecule has 1 aliphatic heterocycles. The third-order valence-electron chi connectivity index (χ3n) is 5.79. The molecule has 8 nitrogen and oxygen atoms in total. The van der Waals surface area contributed by atoms with E-state index in [0.717, 1.165) is 21.8 Å². The second-order valence-electron chi connectivity index (χ2n) is 8.40. The van der Waals surface area contributed by atoms with Crippen LogP contribution in [0, 0.1) is 0 Å². The fraction of sp³-hybridized carbons (Fsp3) is 0.385. The maximum atomic E-state index is 13.0. The van der Waals surface area contributed by atoms with Gasteiger partial charge in [-0.05, 0) is 62.1 Å². The van der Waals surface area contributed by atoms with Gasteiger partial charge in [-0.25, -0.2) is 4.79 Å². The van der Waals surface area contributed by atoms with Crippen molar-refractivity contribution in [3.8, 4) is 17.2 Å². The van der Waals surface area contributed by atoms with Gasteiger partial charge in [0.15, 0.2) is 11.5 Å². The van der Waals surface area contributed by atoms with Crippen LogP contribution in [0.5, 0.6) is 17.2 Å². The number of nitrogens with zero attached hydrogens (tertiary/aromatic N) is 1. The first-order valence-electron chi connectivity index (χ1n) is 11.2. The SMILES string of the molecule is C/C=C/c1ccc(OCC(O)CN2C(=O)NC(C)(CCc3ccc(OC)cc3)C2=O)c(OC)c1. The molecule has 1 fully saturated rings. The summed E-state index contributed by atoms with van der Waals surface area (Å²) in [6.07, 6.45) is 3.84. The summed E-state index contributed by atoms with van der Waals surface area (Å²) in [5.74, 6) is 1.40. The average Bonchev–Trinajstić information content (AvgIpc) is 3.05. The van der Waals surface area contributed by atoms with Gasteiger partial charge in [-0.2, -0.15) is 0 Å². The van der Waals surface area contributed by atoms with Gasteiger partial charge >= 0.3 is 6.03 Å². The summed E-state index contributed by atoms with van der Waals surface area (Å²) in [6, 6.07) is 12.5. The number of allylic oxidation sites excluding steroid dienone is 1. The Morgan fingerprint density at radius 1 is 1.09 bits per heavy atom. The number of nitrogens with one attached hydrogen (secondary N) is 1. The molecule has 2 aromatic rings. The van der Waals surface area contributed by atoms with Crippen LogP contribution in [-0.2, 0) is 11.2 Å². The molecular formula is C26H32N2O6. The summed E-state index contributed by atoms with van der Waals surface area (Å²) >= 11 is 0. The largest absolute Gasteiger partial charge is 0.497 e. The van der Waals surface area contributed by atoms with Crippen molar-refractivity contribution in [3.05, 3.63) is 59.7 Å². The van der Waals surface area contributed by atoms with Crippen LogP contribution in [0.2, 0.25) is 0 Å². The van der Waals surface area contributed by atoms with Crippen molar-refractivity contribution in [2.24, 2.45) is 0 Å². The number of aryl methyl sites for hydroxylation is 1. The van der Waals surface area contributed by atoms with Crippen molar-refractivity contribution in [2.75, 3.05) is 27.4 Å². The number of imide groups is 1. The molecule has 2 N–H and O–H groups in total. The minimum atomic E-state index is -1.06. The first kappa shape index (κ1) is 25.1. The predicted octanol–water partition coefficient (Wildman–Crippen LogP) is 3.42. The van der Waals surface area contributed by atoms with Gasteiger partial charge in [0.05, 0.1) is 20.8 Å². The van der Waals surface area contributed by atoms with Crippen LogP contribution >= 0.6 is 0 Å². The van der Waals surface area contributed by atoms with Crippen molar-refractivity contribution in [1.29, 1.82) is 0 Å². The minimum Gasteiger partial charge on any atom is -0.497 e. The van der Waals surface area contributed by atoms with Gasteiger partial charge in [-0.15, -0.1) is 0 Å². The Labute approximate surface area is 200 Å². The number of hydrogen-bond acceptors (Lipinski definition) is 6. The van der Waals surface area contributed by atoms with E-state index < -0.39 is 17.7 Å². The van der Waals surface area contributed by atoms with Crippen molar-refractivity contribution < 1.29 is 28.9 Å². The van der Waals surface area contributed by atoms with E-state index in [1.54, 1.807) is 20.1 Å². The van der Waals surface area contributed by atoms with Gasteiger partial charge in [0, 0.05) is 0 Å². The summed E-state index contributed by atoms with van der Waals surface area (Å²) in [5, 5.41) is 13.2. The summed E-state index contributed by atoms with van der Waals surface area (Å²) in [6.45, 7) is 3.37. The number of urea groups is 1.